The van der Waals surface area contributed by atoms with Gasteiger partial charge in [-0.25, -0.2) is 4.99 Å². The van der Waals surface area contributed by atoms with E-state index in [0.717, 1.165) is 52.7 Å². The number of rotatable bonds is 7. The molecule has 8 heteroatoms. The van der Waals surface area contributed by atoms with Gasteiger partial charge in [-0.1, -0.05) is 30.3 Å². The number of thiazole rings is 1. The fourth-order valence-electron chi connectivity index (χ4n) is 3.92. The predicted molar refractivity (Wildman–Crippen MR) is 132 cm³/mol. The summed E-state index contributed by atoms with van der Waals surface area (Å²) in [5.74, 6) is 1.52. The SMILES string of the molecule is O=[N+]([O-])c1cccc(-c2csc(=Nc3ccc(Oc4ccccc4)cc3)n2CC2CCCO2)c1. The number of para-hydroxylation sites is 1. The van der Waals surface area contributed by atoms with Gasteiger partial charge in [-0.05, 0) is 49.2 Å². The maximum Gasteiger partial charge on any atom is 0.270 e. The number of nitro benzene ring substituents is 1. The molecule has 1 aliphatic rings. The second kappa shape index (κ2) is 10.0. The van der Waals surface area contributed by atoms with Crippen molar-refractivity contribution >= 4 is 22.7 Å². The Labute approximate surface area is 200 Å². The molecule has 5 rings (SSSR count). The Hall–Kier alpha value is -3.75. The fourth-order valence-corrected chi connectivity index (χ4v) is 4.86. The first-order valence-corrected chi connectivity index (χ1v) is 12.0. The summed E-state index contributed by atoms with van der Waals surface area (Å²) in [6.07, 6.45) is 2.13. The number of benzene rings is 3. The van der Waals surface area contributed by atoms with Gasteiger partial charge in [0.1, 0.15) is 11.5 Å². The maximum atomic E-state index is 11.3. The van der Waals surface area contributed by atoms with Gasteiger partial charge in [0.25, 0.3) is 5.69 Å². The van der Waals surface area contributed by atoms with E-state index in [2.05, 4.69) is 4.57 Å². The molecule has 7 nitrogen and oxygen atoms in total. The molecule has 1 saturated heterocycles. The van der Waals surface area contributed by atoms with Crippen LogP contribution in [0.15, 0.2) is 89.2 Å². The number of hydrogen-bond acceptors (Lipinski definition) is 6. The van der Waals surface area contributed by atoms with Gasteiger partial charge < -0.3 is 14.0 Å². The second-order valence-electron chi connectivity index (χ2n) is 7.98. The van der Waals surface area contributed by atoms with E-state index < -0.39 is 0 Å². The zero-order chi connectivity index (χ0) is 23.3. The summed E-state index contributed by atoms with van der Waals surface area (Å²) >= 11 is 1.51. The minimum atomic E-state index is -0.370. The van der Waals surface area contributed by atoms with E-state index in [1.807, 2.05) is 66.0 Å². The highest BCUT2D eigenvalue weighted by atomic mass is 32.1. The van der Waals surface area contributed by atoms with Crippen LogP contribution in [0.2, 0.25) is 0 Å². The first-order valence-electron chi connectivity index (χ1n) is 11.1. The predicted octanol–water partition coefficient (Wildman–Crippen LogP) is 6.33. The Morgan fingerprint density at radius 2 is 1.85 bits per heavy atom. The van der Waals surface area contributed by atoms with Gasteiger partial charge in [-0.3, -0.25) is 10.1 Å². The molecule has 34 heavy (non-hydrogen) atoms. The molecule has 0 N–H and O–H groups in total. The summed E-state index contributed by atoms with van der Waals surface area (Å²) in [6, 6.07) is 24.0. The summed E-state index contributed by atoms with van der Waals surface area (Å²) < 4.78 is 13.9. The Morgan fingerprint density at radius 1 is 1.06 bits per heavy atom. The van der Waals surface area contributed by atoms with Crippen molar-refractivity contribution in [1.29, 1.82) is 0 Å². The summed E-state index contributed by atoms with van der Waals surface area (Å²) in [5.41, 5.74) is 2.55. The van der Waals surface area contributed by atoms with Crippen LogP contribution in [0, 0.1) is 10.1 Å². The lowest BCUT2D eigenvalue weighted by molar-refractivity contribution is -0.384. The molecule has 1 aliphatic heterocycles. The van der Waals surface area contributed by atoms with E-state index in [0.29, 0.717) is 6.54 Å². The summed E-state index contributed by atoms with van der Waals surface area (Å²) in [7, 11) is 0. The number of aromatic nitrogens is 1. The van der Waals surface area contributed by atoms with E-state index in [4.69, 9.17) is 14.5 Å². The number of ether oxygens (including phenoxy) is 2. The van der Waals surface area contributed by atoms with Crippen molar-refractivity contribution in [2.75, 3.05) is 6.61 Å². The lowest BCUT2D eigenvalue weighted by atomic mass is 10.1. The van der Waals surface area contributed by atoms with Crippen molar-refractivity contribution in [1.82, 2.24) is 4.57 Å². The largest absolute Gasteiger partial charge is 0.457 e. The zero-order valence-electron chi connectivity index (χ0n) is 18.4. The molecule has 3 aromatic carbocycles. The van der Waals surface area contributed by atoms with Gasteiger partial charge in [-0.15, -0.1) is 11.3 Å². The van der Waals surface area contributed by atoms with Crippen molar-refractivity contribution in [2.45, 2.75) is 25.5 Å². The van der Waals surface area contributed by atoms with Crippen LogP contribution in [0.5, 0.6) is 11.5 Å². The molecule has 1 unspecified atom stereocenters. The first-order chi connectivity index (χ1) is 16.7. The summed E-state index contributed by atoms with van der Waals surface area (Å²) in [5, 5.41) is 13.3. The minimum Gasteiger partial charge on any atom is -0.457 e. The normalized spacial score (nSPS) is 16.0. The van der Waals surface area contributed by atoms with Crippen molar-refractivity contribution in [3.63, 3.8) is 0 Å². The lowest BCUT2D eigenvalue weighted by Gasteiger charge is -2.14. The quantitative estimate of drug-likeness (QED) is 0.232. The van der Waals surface area contributed by atoms with Crippen molar-refractivity contribution in [2.24, 2.45) is 4.99 Å². The Balaban J connectivity index is 1.48. The smallest absolute Gasteiger partial charge is 0.270 e. The lowest BCUT2D eigenvalue weighted by Crippen LogP contribution is -2.24. The second-order valence-corrected chi connectivity index (χ2v) is 8.81. The molecule has 0 bridgehead atoms. The van der Waals surface area contributed by atoms with Gasteiger partial charge in [0.2, 0.25) is 0 Å². The van der Waals surface area contributed by atoms with E-state index in [-0.39, 0.29) is 16.7 Å². The Kier molecular flexibility index (Phi) is 6.51. The van der Waals surface area contributed by atoms with Crippen LogP contribution in [0.1, 0.15) is 12.8 Å². The van der Waals surface area contributed by atoms with Crippen LogP contribution in [0.25, 0.3) is 11.3 Å². The van der Waals surface area contributed by atoms with Gasteiger partial charge in [-0.2, -0.15) is 0 Å². The molecule has 0 radical (unpaired) electrons. The van der Waals surface area contributed by atoms with Crippen LogP contribution >= 0.6 is 11.3 Å². The third kappa shape index (κ3) is 5.08. The Bertz CT molecular complexity index is 1340. The number of nitro groups is 1. The highest BCUT2D eigenvalue weighted by molar-refractivity contribution is 7.07. The zero-order valence-corrected chi connectivity index (χ0v) is 19.2. The number of non-ortho nitro benzene ring substituents is 1. The molecule has 0 saturated carbocycles. The molecule has 1 atom stereocenters. The molecule has 1 aromatic heterocycles. The maximum absolute atomic E-state index is 11.3. The fraction of sp³-hybridized carbons (Fsp3) is 0.192. The molecule has 1 fully saturated rings. The monoisotopic (exact) mass is 473 g/mol. The van der Waals surface area contributed by atoms with Crippen LogP contribution in [-0.4, -0.2) is 22.2 Å². The average Bonchev–Trinajstić information content (AvgIpc) is 3.52. The van der Waals surface area contributed by atoms with E-state index >= 15 is 0 Å². The molecule has 4 aromatic rings. The van der Waals surface area contributed by atoms with Gasteiger partial charge in [0.15, 0.2) is 4.80 Å². The molecular weight excluding hydrogens is 450 g/mol. The van der Waals surface area contributed by atoms with Crippen LogP contribution in [0.4, 0.5) is 11.4 Å². The van der Waals surface area contributed by atoms with Gasteiger partial charge in [0.05, 0.1) is 29.0 Å². The van der Waals surface area contributed by atoms with Crippen LogP contribution in [-0.2, 0) is 11.3 Å². The number of hydrogen-bond donors (Lipinski definition) is 0. The third-order valence-corrected chi connectivity index (χ3v) is 6.46. The van der Waals surface area contributed by atoms with Gasteiger partial charge >= 0.3 is 0 Å². The van der Waals surface area contributed by atoms with Crippen LogP contribution in [0.3, 0.4) is 0 Å². The third-order valence-electron chi connectivity index (χ3n) is 5.60. The van der Waals surface area contributed by atoms with Crippen molar-refractivity contribution in [3.8, 4) is 22.8 Å². The molecule has 2 heterocycles. The molecule has 172 valence electrons. The molecule has 0 aliphatic carbocycles. The van der Waals surface area contributed by atoms with Crippen LogP contribution < -0.4 is 9.54 Å². The summed E-state index contributed by atoms with van der Waals surface area (Å²) in [6.45, 7) is 1.41. The van der Waals surface area contributed by atoms with E-state index in [9.17, 15) is 10.1 Å². The topological polar surface area (TPSA) is 78.9 Å². The van der Waals surface area contributed by atoms with E-state index in [1.54, 1.807) is 12.1 Å². The highest BCUT2D eigenvalue weighted by Gasteiger charge is 2.20. The Morgan fingerprint density at radius 3 is 2.59 bits per heavy atom. The molecular formula is C26H23N3O4S. The summed E-state index contributed by atoms with van der Waals surface area (Å²) in [4.78, 5) is 16.6. The molecule has 0 amide bonds. The van der Waals surface area contributed by atoms with Crippen molar-refractivity contribution < 1.29 is 14.4 Å². The standard InChI is InChI=1S/C26H23N3O4S/c30-29(31)21-7-4-6-19(16-21)25-18-34-26(28(25)17-24-10-5-15-32-24)27-20-11-13-23(14-12-20)33-22-8-2-1-3-9-22/h1-4,6-9,11-14,16,18,24H,5,10,15,17H2. The first kappa shape index (κ1) is 22.1. The van der Waals surface area contributed by atoms with Gasteiger partial charge in [0, 0.05) is 29.7 Å². The van der Waals surface area contributed by atoms with E-state index in [1.165, 1.54) is 17.4 Å². The average molecular weight is 474 g/mol. The van der Waals surface area contributed by atoms with Crippen molar-refractivity contribution in [3.05, 3.63) is 99.2 Å². The minimum absolute atomic E-state index is 0.0693. The highest BCUT2D eigenvalue weighted by Crippen LogP contribution is 2.27. The molecule has 0 spiro atoms. The number of nitrogens with zero attached hydrogens (tertiary/aromatic N) is 3.